The number of nitrogens with one attached hydrogen (secondary N) is 1. The van der Waals surface area contributed by atoms with Crippen molar-refractivity contribution in [2.24, 2.45) is 0 Å². The SMILES string of the molecule is CNCc1cc(N2CCC(OC)CC2)nc(C(C)(C)C)c1. The number of hydrogen-bond donors (Lipinski definition) is 1. The Hall–Kier alpha value is -1.13. The summed E-state index contributed by atoms with van der Waals surface area (Å²) < 4.78 is 5.46. The fourth-order valence-corrected chi connectivity index (χ4v) is 2.74. The molecule has 1 saturated heterocycles. The van der Waals surface area contributed by atoms with Crippen LogP contribution < -0.4 is 10.2 Å². The molecule has 1 fully saturated rings. The lowest BCUT2D eigenvalue weighted by molar-refractivity contribution is 0.0818. The van der Waals surface area contributed by atoms with Crippen LogP contribution in [0, 0.1) is 0 Å². The average molecular weight is 291 g/mol. The summed E-state index contributed by atoms with van der Waals surface area (Å²) in [6, 6.07) is 4.45. The molecule has 1 aliphatic rings. The summed E-state index contributed by atoms with van der Waals surface area (Å²) >= 11 is 0. The van der Waals surface area contributed by atoms with E-state index in [0.717, 1.165) is 38.3 Å². The molecular formula is C17H29N3O. The topological polar surface area (TPSA) is 37.4 Å². The highest BCUT2D eigenvalue weighted by Gasteiger charge is 2.22. The maximum absolute atomic E-state index is 5.46. The minimum Gasteiger partial charge on any atom is -0.381 e. The van der Waals surface area contributed by atoms with E-state index in [0.29, 0.717) is 6.10 Å². The Bertz CT molecular complexity index is 460. The Labute approximate surface area is 128 Å². The molecule has 0 aliphatic carbocycles. The second kappa shape index (κ2) is 6.75. The van der Waals surface area contributed by atoms with Gasteiger partial charge in [-0.05, 0) is 37.6 Å². The van der Waals surface area contributed by atoms with Crippen molar-refractivity contribution in [1.29, 1.82) is 0 Å². The summed E-state index contributed by atoms with van der Waals surface area (Å²) in [6.45, 7) is 9.60. The summed E-state index contributed by atoms with van der Waals surface area (Å²) in [5.74, 6) is 1.11. The molecule has 1 aromatic heterocycles. The van der Waals surface area contributed by atoms with Crippen LogP contribution in [0.5, 0.6) is 0 Å². The Morgan fingerprint density at radius 2 is 1.95 bits per heavy atom. The van der Waals surface area contributed by atoms with Gasteiger partial charge in [0.15, 0.2) is 0 Å². The summed E-state index contributed by atoms with van der Waals surface area (Å²) in [5, 5.41) is 3.24. The molecule has 118 valence electrons. The van der Waals surface area contributed by atoms with Gasteiger partial charge in [0.25, 0.3) is 0 Å². The highest BCUT2D eigenvalue weighted by molar-refractivity contribution is 5.44. The molecule has 4 nitrogen and oxygen atoms in total. The van der Waals surface area contributed by atoms with Crippen LogP contribution in [0.3, 0.4) is 0 Å². The molecule has 0 saturated carbocycles. The molecule has 0 aromatic carbocycles. The van der Waals surface area contributed by atoms with Crippen LogP contribution in [0.25, 0.3) is 0 Å². The lowest BCUT2D eigenvalue weighted by Crippen LogP contribution is -2.37. The Balaban J connectivity index is 2.24. The van der Waals surface area contributed by atoms with Gasteiger partial charge in [0.2, 0.25) is 0 Å². The Morgan fingerprint density at radius 1 is 1.29 bits per heavy atom. The zero-order valence-corrected chi connectivity index (χ0v) is 14.1. The summed E-state index contributed by atoms with van der Waals surface area (Å²) in [7, 11) is 3.80. The second-order valence-electron chi connectivity index (χ2n) is 6.92. The first-order valence-corrected chi connectivity index (χ1v) is 7.88. The zero-order valence-electron chi connectivity index (χ0n) is 14.1. The van der Waals surface area contributed by atoms with E-state index in [4.69, 9.17) is 9.72 Å². The quantitative estimate of drug-likeness (QED) is 0.925. The molecule has 0 spiro atoms. The largest absolute Gasteiger partial charge is 0.381 e. The predicted octanol–water partition coefficient (Wildman–Crippen LogP) is 2.71. The molecule has 0 unspecified atom stereocenters. The van der Waals surface area contributed by atoms with Gasteiger partial charge in [0.1, 0.15) is 5.82 Å². The Morgan fingerprint density at radius 3 is 2.48 bits per heavy atom. The predicted molar refractivity (Wildman–Crippen MR) is 87.9 cm³/mol. The summed E-state index contributed by atoms with van der Waals surface area (Å²) in [5.41, 5.74) is 2.55. The first-order valence-electron chi connectivity index (χ1n) is 7.88. The van der Waals surface area contributed by atoms with E-state index in [1.807, 2.05) is 14.2 Å². The molecule has 2 rings (SSSR count). The van der Waals surface area contributed by atoms with Crippen LogP contribution in [0.1, 0.15) is 44.9 Å². The maximum Gasteiger partial charge on any atom is 0.129 e. The van der Waals surface area contributed by atoms with Crippen LogP contribution in [0.2, 0.25) is 0 Å². The van der Waals surface area contributed by atoms with Gasteiger partial charge in [-0.3, -0.25) is 0 Å². The van der Waals surface area contributed by atoms with E-state index < -0.39 is 0 Å². The van der Waals surface area contributed by atoms with Crippen molar-refractivity contribution in [2.45, 2.75) is 51.7 Å². The van der Waals surface area contributed by atoms with Gasteiger partial charge >= 0.3 is 0 Å². The molecule has 1 aromatic rings. The van der Waals surface area contributed by atoms with Crippen LogP contribution in [-0.4, -0.2) is 38.3 Å². The van der Waals surface area contributed by atoms with E-state index in [-0.39, 0.29) is 5.41 Å². The number of pyridine rings is 1. The standard InChI is InChI=1S/C17H29N3O/c1-17(2,3)15-10-13(12-18-4)11-16(19-15)20-8-6-14(21-5)7-9-20/h10-11,14,18H,6-9,12H2,1-5H3. The molecule has 0 amide bonds. The number of aromatic nitrogens is 1. The summed E-state index contributed by atoms with van der Waals surface area (Å²) in [6.07, 6.45) is 2.57. The number of rotatable bonds is 4. The zero-order chi connectivity index (χ0) is 15.5. The normalized spacial score (nSPS) is 17.3. The minimum atomic E-state index is 0.0728. The molecule has 4 heteroatoms. The fourth-order valence-electron chi connectivity index (χ4n) is 2.74. The molecule has 1 N–H and O–H groups in total. The lowest BCUT2D eigenvalue weighted by atomic mass is 9.90. The van der Waals surface area contributed by atoms with Crippen molar-refractivity contribution in [3.05, 3.63) is 23.4 Å². The van der Waals surface area contributed by atoms with E-state index >= 15 is 0 Å². The number of hydrogen-bond acceptors (Lipinski definition) is 4. The van der Waals surface area contributed by atoms with Gasteiger partial charge in [0, 0.05) is 37.9 Å². The minimum absolute atomic E-state index is 0.0728. The first-order chi connectivity index (χ1) is 9.94. The first kappa shape index (κ1) is 16.2. The summed E-state index contributed by atoms with van der Waals surface area (Å²) in [4.78, 5) is 7.31. The third-order valence-corrected chi connectivity index (χ3v) is 4.12. The molecule has 2 heterocycles. The highest BCUT2D eigenvalue weighted by Crippen LogP contribution is 2.26. The van der Waals surface area contributed by atoms with Crippen LogP contribution in [0.4, 0.5) is 5.82 Å². The van der Waals surface area contributed by atoms with E-state index in [1.54, 1.807) is 0 Å². The average Bonchev–Trinajstić information content (AvgIpc) is 2.46. The van der Waals surface area contributed by atoms with Gasteiger partial charge in [-0.2, -0.15) is 0 Å². The number of nitrogens with zero attached hydrogens (tertiary/aromatic N) is 2. The number of anilines is 1. The van der Waals surface area contributed by atoms with E-state index in [2.05, 4.69) is 43.1 Å². The monoisotopic (exact) mass is 291 g/mol. The van der Waals surface area contributed by atoms with Crippen molar-refractivity contribution in [3.8, 4) is 0 Å². The van der Waals surface area contributed by atoms with Crippen molar-refractivity contribution >= 4 is 5.82 Å². The molecule has 1 aliphatic heterocycles. The fraction of sp³-hybridized carbons (Fsp3) is 0.706. The van der Waals surface area contributed by atoms with Gasteiger partial charge in [0.05, 0.1) is 6.10 Å². The van der Waals surface area contributed by atoms with E-state index in [1.165, 1.54) is 11.3 Å². The van der Waals surface area contributed by atoms with Crippen molar-refractivity contribution in [1.82, 2.24) is 10.3 Å². The van der Waals surface area contributed by atoms with Crippen LogP contribution >= 0.6 is 0 Å². The molecule has 0 radical (unpaired) electrons. The third-order valence-electron chi connectivity index (χ3n) is 4.12. The van der Waals surface area contributed by atoms with Gasteiger partial charge < -0.3 is 15.0 Å². The second-order valence-corrected chi connectivity index (χ2v) is 6.92. The van der Waals surface area contributed by atoms with Crippen molar-refractivity contribution in [2.75, 3.05) is 32.1 Å². The highest BCUT2D eigenvalue weighted by atomic mass is 16.5. The Kier molecular flexibility index (Phi) is 5.22. The van der Waals surface area contributed by atoms with Gasteiger partial charge in [-0.1, -0.05) is 20.8 Å². The van der Waals surface area contributed by atoms with Crippen molar-refractivity contribution < 1.29 is 4.74 Å². The van der Waals surface area contributed by atoms with Gasteiger partial charge in [-0.25, -0.2) is 4.98 Å². The maximum atomic E-state index is 5.46. The molecular weight excluding hydrogens is 262 g/mol. The van der Waals surface area contributed by atoms with Crippen molar-refractivity contribution in [3.63, 3.8) is 0 Å². The van der Waals surface area contributed by atoms with Gasteiger partial charge in [-0.15, -0.1) is 0 Å². The number of ether oxygens (including phenoxy) is 1. The van der Waals surface area contributed by atoms with E-state index in [9.17, 15) is 0 Å². The lowest BCUT2D eigenvalue weighted by Gasteiger charge is -2.33. The van der Waals surface area contributed by atoms with Crippen LogP contribution in [-0.2, 0) is 16.7 Å². The number of piperidine rings is 1. The molecule has 0 bridgehead atoms. The smallest absolute Gasteiger partial charge is 0.129 e. The molecule has 0 atom stereocenters. The number of methoxy groups -OCH3 is 1. The van der Waals surface area contributed by atoms with Crippen LogP contribution in [0.15, 0.2) is 12.1 Å². The molecule has 21 heavy (non-hydrogen) atoms. The third kappa shape index (κ3) is 4.17.